The van der Waals surface area contributed by atoms with E-state index in [2.05, 4.69) is 5.32 Å². The third-order valence-corrected chi connectivity index (χ3v) is 7.66. The van der Waals surface area contributed by atoms with Crippen LogP contribution in [0.4, 0.5) is 5.69 Å². The lowest BCUT2D eigenvalue weighted by Gasteiger charge is -2.31. The van der Waals surface area contributed by atoms with Gasteiger partial charge in [-0.25, -0.2) is 18.0 Å². The van der Waals surface area contributed by atoms with Crippen LogP contribution in [0.5, 0.6) is 5.75 Å². The van der Waals surface area contributed by atoms with Gasteiger partial charge in [-0.05, 0) is 49.2 Å². The second-order valence-corrected chi connectivity index (χ2v) is 10.1. The molecule has 1 fully saturated rings. The van der Waals surface area contributed by atoms with Crippen molar-refractivity contribution in [2.24, 2.45) is 5.92 Å². The fourth-order valence-corrected chi connectivity index (χ4v) is 5.72. The van der Waals surface area contributed by atoms with Crippen molar-refractivity contribution in [1.29, 1.82) is 0 Å². The highest BCUT2D eigenvalue weighted by Crippen LogP contribution is 2.32. The van der Waals surface area contributed by atoms with E-state index in [9.17, 15) is 22.8 Å². The monoisotopic (exact) mass is 524 g/mol. The fourth-order valence-electron chi connectivity index (χ4n) is 3.78. The molecule has 12 heteroatoms. The van der Waals surface area contributed by atoms with Crippen LogP contribution in [0.25, 0.3) is 0 Å². The van der Waals surface area contributed by atoms with Crippen molar-refractivity contribution in [2.45, 2.75) is 17.7 Å². The van der Waals surface area contributed by atoms with Crippen molar-refractivity contribution in [3.8, 4) is 5.75 Å². The van der Waals surface area contributed by atoms with E-state index in [1.54, 1.807) is 0 Å². The normalized spacial score (nSPS) is 16.3. The number of piperidine rings is 1. The summed E-state index contributed by atoms with van der Waals surface area (Å²) in [6.45, 7) is 0.163. The number of esters is 2. The van der Waals surface area contributed by atoms with E-state index >= 15 is 0 Å². The minimum atomic E-state index is -3.99. The molecule has 0 spiro atoms. The Labute approximate surface area is 208 Å². The number of amides is 1. The third kappa shape index (κ3) is 5.92. The van der Waals surface area contributed by atoms with E-state index in [4.69, 9.17) is 25.8 Å². The number of hydrogen-bond donors (Lipinski definition) is 1. The van der Waals surface area contributed by atoms with Gasteiger partial charge in [-0.2, -0.15) is 4.31 Å². The van der Waals surface area contributed by atoms with Gasteiger partial charge in [0.2, 0.25) is 15.9 Å². The van der Waals surface area contributed by atoms with E-state index in [1.807, 2.05) is 0 Å². The Hall–Kier alpha value is -3.15. The first kappa shape index (κ1) is 26.5. The molecule has 0 saturated carbocycles. The van der Waals surface area contributed by atoms with Crippen LogP contribution in [0.1, 0.15) is 33.6 Å². The quantitative estimate of drug-likeness (QED) is 0.547. The number of carbonyl (C=O) groups excluding carboxylic acids is 3. The largest absolute Gasteiger partial charge is 0.495 e. The van der Waals surface area contributed by atoms with Crippen LogP contribution >= 0.6 is 11.6 Å². The maximum atomic E-state index is 13.3. The number of carbonyl (C=O) groups is 3. The van der Waals surface area contributed by atoms with E-state index in [1.165, 1.54) is 62.0 Å². The number of methoxy groups -OCH3 is 3. The lowest BCUT2D eigenvalue weighted by molar-refractivity contribution is -0.120. The number of nitrogens with one attached hydrogen (secondary N) is 1. The van der Waals surface area contributed by atoms with Gasteiger partial charge in [-0.3, -0.25) is 4.79 Å². The van der Waals surface area contributed by atoms with Crippen LogP contribution in [0.15, 0.2) is 41.3 Å². The topological polar surface area (TPSA) is 128 Å². The van der Waals surface area contributed by atoms with Crippen molar-refractivity contribution >= 4 is 45.2 Å². The summed E-state index contributed by atoms with van der Waals surface area (Å²) in [6, 6.07) is 8.33. The van der Waals surface area contributed by atoms with Crippen molar-refractivity contribution in [1.82, 2.24) is 4.31 Å². The minimum absolute atomic E-state index is 0.0478. The number of benzene rings is 2. The van der Waals surface area contributed by atoms with Gasteiger partial charge < -0.3 is 19.5 Å². The Balaban J connectivity index is 1.83. The second-order valence-electron chi connectivity index (χ2n) is 7.77. The molecule has 1 N–H and O–H groups in total. The molecule has 0 bridgehead atoms. The summed E-state index contributed by atoms with van der Waals surface area (Å²) in [5, 5.41) is 2.91. The smallest absolute Gasteiger partial charge is 0.337 e. The molecule has 1 aliphatic heterocycles. The summed E-state index contributed by atoms with van der Waals surface area (Å²) in [6.07, 6.45) is 0.904. The second kappa shape index (κ2) is 11.1. The molecule has 2 aromatic carbocycles. The van der Waals surface area contributed by atoms with Gasteiger partial charge >= 0.3 is 11.9 Å². The van der Waals surface area contributed by atoms with Crippen molar-refractivity contribution < 1.29 is 37.0 Å². The van der Waals surface area contributed by atoms with E-state index in [-0.39, 0.29) is 45.6 Å². The van der Waals surface area contributed by atoms with Crippen LogP contribution in [0, 0.1) is 5.92 Å². The highest BCUT2D eigenvalue weighted by molar-refractivity contribution is 7.89. The number of ether oxygens (including phenoxy) is 3. The summed E-state index contributed by atoms with van der Waals surface area (Å²) in [5.41, 5.74) is 0.271. The predicted molar refractivity (Wildman–Crippen MR) is 127 cm³/mol. The summed E-state index contributed by atoms with van der Waals surface area (Å²) >= 11 is 6.01. The summed E-state index contributed by atoms with van der Waals surface area (Å²) < 4.78 is 42.4. The maximum absolute atomic E-state index is 13.3. The molecule has 0 aromatic heterocycles. The number of nitrogens with zero attached hydrogens (tertiary/aromatic N) is 1. The van der Waals surface area contributed by atoms with Gasteiger partial charge in [0.05, 0.1) is 38.4 Å². The number of sulfonamides is 1. The molecule has 3 rings (SSSR count). The first-order chi connectivity index (χ1) is 16.6. The highest BCUT2D eigenvalue weighted by Gasteiger charge is 2.35. The summed E-state index contributed by atoms with van der Waals surface area (Å²) in [7, 11) is -0.243. The zero-order valence-electron chi connectivity index (χ0n) is 19.4. The number of rotatable bonds is 7. The van der Waals surface area contributed by atoms with E-state index < -0.39 is 33.8 Å². The van der Waals surface area contributed by atoms with Crippen LogP contribution in [0.2, 0.25) is 5.02 Å². The molecular formula is C23H25ClN2O8S. The molecule has 10 nitrogen and oxygen atoms in total. The van der Waals surface area contributed by atoms with Crippen molar-refractivity contribution in [3.05, 3.63) is 52.5 Å². The molecule has 35 heavy (non-hydrogen) atoms. The molecule has 0 radical (unpaired) electrons. The molecule has 1 amide bonds. The Morgan fingerprint density at radius 3 is 2.20 bits per heavy atom. The van der Waals surface area contributed by atoms with Gasteiger partial charge in [-0.15, -0.1) is 0 Å². The molecule has 0 unspecified atom stereocenters. The van der Waals surface area contributed by atoms with Gasteiger partial charge in [0.15, 0.2) is 0 Å². The fraction of sp³-hybridized carbons (Fsp3) is 0.348. The zero-order valence-corrected chi connectivity index (χ0v) is 20.9. The standard InChI is InChI=1S/C23H25ClN2O8S/c1-32-19-7-6-17(24)12-20(19)35(30,31)26-8-4-5-14(13-26)21(27)25-18-10-15(22(28)33-2)9-16(11-18)23(29)34-3/h6-7,9-12,14H,4-5,8,13H2,1-3H3,(H,25,27)/t14-/m1/s1. The Kier molecular flexibility index (Phi) is 8.36. The number of hydrogen-bond acceptors (Lipinski definition) is 8. The molecule has 1 atom stereocenters. The minimum Gasteiger partial charge on any atom is -0.495 e. The number of anilines is 1. The van der Waals surface area contributed by atoms with Crippen LogP contribution < -0.4 is 10.1 Å². The van der Waals surface area contributed by atoms with Gasteiger partial charge in [0.1, 0.15) is 10.6 Å². The molecule has 188 valence electrons. The van der Waals surface area contributed by atoms with Gasteiger partial charge in [0.25, 0.3) is 0 Å². The van der Waals surface area contributed by atoms with Crippen molar-refractivity contribution in [3.63, 3.8) is 0 Å². The SMILES string of the molecule is COC(=O)c1cc(NC(=O)[C@@H]2CCCN(S(=O)(=O)c3cc(Cl)ccc3OC)C2)cc(C(=O)OC)c1. The molecule has 2 aromatic rings. The zero-order chi connectivity index (χ0) is 25.8. The van der Waals surface area contributed by atoms with Gasteiger partial charge in [0, 0.05) is 23.8 Å². The lowest BCUT2D eigenvalue weighted by Crippen LogP contribution is -2.43. The summed E-state index contributed by atoms with van der Waals surface area (Å²) in [4.78, 5) is 37.0. The highest BCUT2D eigenvalue weighted by atomic mass is 35.5. The van der Waals surface area contributed by atoms with Gasteiger partial charge in [-0.1, -0.05) is 11.6 Å². The first-order valence-electron chi connectivity index (χ1n) is 10.6. The average molecular weight is 525 g/mol. The number of halogens is 1. The average Bonchev–Trinajstić information content (AvgIpc) is 2.87. The Morgan fingerprint density at radius 2 is 1.63 bits per heavy atom. The van der Waals surface area contributed by atoms with E-state index in [0.717, 1.165) is 0 Å². The Morgan fingerprint density at radius 1 is 1.00 bits per heavy atom. The Bertz CT molecular complexity index is 1210. The third-order valence-electron chi connectivity index (χ3n) is 5.54. The molecule has 1 aliphatic rings. The summed E-state index contributed by atoms with van der Waals surface area (Å²) in [5.74, 6) is -2.38. The maximum Gasteiger partial charge on any atom is 0.337 e. The first-order valence-corrected chi connectivity index (χ1v) is 12.4. The van der Waals surface area contributed by atoms with E-state index in [0.29, 0.717) is 12.8 Å². The molecule has 0 aliphatic carbocycles. The van der Waals surface area contributed by atoms with Crippen LogP contribution in [-0.4, -0.2) is 65.0 Å². The molecule has 1 heterocycles. The predicted octanol–water partition coefficient (Wildman–Crippen LogP) is 2.96. The van der Waals surface area contributed by atoms with Crippen LogP contribution in [0.3, 0.4) is 0 Å². The van der Waals surface area contributed by atoms with Crippen LogP contribution in [-0.2, 0) is 24.3 Å². The molecular weight excluding hydrogens is 500 g/mol. The van der Waals surface area contributed by atoms with Crippen molar-refractivity contribution in [2.75, 3.05) is 39.7 Å². The molecule has 1 saturated heterocycles. The lowest BCUT2D eigenvalue weighted by atomic mass is 9.98.